The van der Waals surface area contributed by atoms with Crippen LogP contribution in [0.2, 0.25) is 5.02 Å². The summed E-state index contributed by atoms with van der Waals surface area (Å²) in [5, 5.41) is 4.58. The maximum Gasteiger partial charge on any atom is 0.329 e. The quantitative estimate of drug-likeness (QED) is 0.496. The third-order valence-corrected chi connectivity index (χ3v) is 4.50. The first kappa shape index (κ1) is 19.7. The van der Waals surface area contributed by atoms with Crippen molar-refractivity contribution in [1.29, 1.82) is 0 Å². The minimum absolute atomic E-state index is 0.478. The van der Waals surface area contributed by atoms with Crippen molar-refractivity contribution >= 4 is 29.6 Å². The van der Waals surface area contributed by atoms with E-state index in [0.717, 1.165) is 22.6 Å². The van der Waals surface area contributed by atoms with Crippen molar-refractivity contribution in [3.8, 4) is 5.69 Å². The van der Waals surface area contributed by atoms with Crippen LogP contribution in [0.15, 0.2) is 35.4 Å². The summed E-state index contributed by atoms with van der Waals surface area (Å²) < 4.78 is 2.02. The highest BCUT2D eigenvalue weighted by atomic mass is 35.5. The van der Waals surface area contributed by atoms with Gasteiger partial charge in [-0.25, -0.2) is 5.43 Å². The van der Waals surface area contributed by atoms with Gasteiger partial charge in [-0.3, -0.25) is 9.59 Å². The molecule has 0 aliphatic heterocycles. The lowest BCUT2D eigenvalue weighted by Crippen LogP contribution is -2.41. The lowest BCUT2D eigenvalue weighted by Gasteiger charge is -2.16. The smallest absolute Gasteiger partial charge is 0.329 e. The Balaban J connectivity index is 2.18. The second-order valence-corrected chi connectivity index (χ2v) is 6.20. The number of aromatic nitrogens is 1. The first-order valence-corrected chi connectivity index (χ1v) is 8.84. The number of benzene rings is 1. The van der Waals surface area contributed by atoms with E-state index in [0.29, 0.717) is 18.1 Å². The highest BCUT2D eigenvalue weighted by Gasteiger charge is 2.18. The van der Waals surface area contributed by atoms with Crippen molar-refractivity contribution in [2.75, 3.05) is 13.1 Å². The topological polar surface area (TPSA) is 66.7 Å². The molecule has 0 bridgehead atoms. The number of hydrogen-bond acceptors (Lipinski definition) is 3. The molecule has 138 valence electrons. The van der Waals surface area contributed by atoms with Crippen LogP contribution in [0.3, 0.4) is 0 Å². The van der Waals surface area contributed by atoms with Gasteiger partial charge < -0.3 is 9.47 Å². The number of hydrazone groups is 1. The first-order valence-electron chi connectivity index (χ1n) is 8.46. The Morgan fingerprint density at radius 3 is 2.50 bits per heavy atom. The molecule has 1 N–H and O–H groups in total. The molecular formula is C19H23ClN4O2. The zero-order chi connectivity index (χ0) is 19.3. The van der Waals surface area contributed by atoms with Gasteiger partial charge in [0, 0.05) is 30.0 Å². The number of rotatable bonds is 5. The lowest BCUT2D eigenvalue weighted by molar-refractivity contribution is -0.145. The average Bonchev–Trinajstić information content (AvgIpc) is 2.90. The predicted octanol–water partition coefficient (Wildman–Crippen LogP) is 3.07. The van der Waals surface area contributed by atoms with Crippen molar-refractivity contribution in [3.05, 3.63) is 52.3 Å². The van der Waals surface area contributed by atoms with Crippen LogP contribution in [-0.4, -0.2) is 40.6 Å². The van der Waals surface area contributed by atoms with Gasteiger partial charge in [-0.2, -0.15) is 5.10 Å². The molecule has 26 heavy (non-hydrogen) atoms. The monoisotopic (exact) mass is 374 g/mol. The Morgan fingerprint density at radius 2 is 1.88 bits per heavy atom. The minimum atomic E-state index is -0.745. The van der Waals surface area contributed by atoms with Gasteiger partial charge in [0.2, 0.25) is 0 Å². The molecule has 0 aliphatic carbocycles. The fraction of sp³-hybridized carbons (Fsp3) is 0.316. The molecule has 0 atom stereocenters. The van der Waals surface area contributed by atoms with Crippen LogP contribution in [0.5, 0.6) is 0 Å². The van der Waals surface area contributed by atoms with Gasteiger partial charge in [-0.05, 0) is 45.9 Å². The van der Waals surface area contributed by atoms with Crippen LogP contribution in [0.25, 0.3) is 5.69 Å². The van der Waals surface area contributed by atoms with Gasteiger partial charge in [-0.15, -0.1) is 0 Å². The number of likely N-dealkylation sites (N-methyl/N-ethyl adjacent to an activating group) is 1. The molecule has 1 heterocycles. The third-order valence-electron chi connectivity index (χ3n) is 4.18. The number of hydrogen-bond donors (Lipinski definition) is 1. The van der Waals surface area contributed by atoms with Crippen molar-refractivity contribution in [2.24, 2.45) is 5.10 Å². The number of amides is 2. The Hall–Kier alpha value is -2.60. The molecular weight excluding hydrogens is 352 g/mol. The zero-order valence-corrected chi connectivity index (χ0v) is 16.2. The number of halogens is 1. The second-order valence-electron chi connectivity index (χ2n) is 5.79. The molecule has 2 aromatic rings. The van der Waals surface area contributed by atoms with Crippen LogP contribution in [-0.2, 0) is 9.59 Å². The summed E-state index contributed by atoms with van der Waals surface area (Å²) in [6, 6.07) is 9.52. The standard InChI is InChI=1S/C19H23ClN4O2/c1-5-23(6-2)19(26)18(25)22-21-12-15-11-13(3)24(14(15)4)17-10-8-7-9-16(17)20/h7-12H,5-6H2,1-4H3,(H,22,25)/b21-12-. The van der Waals surface area contributed by atoms with Crippen LogP contribution in [0.1, 0.15) is 30.8 Å². The van der Waals surface area contributed by atoms with Gasteiger partial charge in [0.05, 0.1) is 16.9 Å². The predicted molar refractivity (Wildman–Crippen MR) is 104 cm³/mol. The van der Waals surface area contributed by atoms with E-state index in [1.807, 2.05) is 62.6 Å². The summed E-state index contributed by atoms with van der Waals surface area (Å²) >= 11 is 6.30. The summed E-state index contributed by atoms with van der Waals surface area (Å²) in [6.45, 7) is 8.51. The third kappa shape index (κ3) is 4.14. The van der Waals surface area contributed by atoms with E-state index < -0.39 is 11.8 Å². The van der Waals surface area contributed by atoms with Crippen molar-refractivity contribution < 1.29 is 9.59 Å². The molecule has 1 aromatic carbocycles. The number of carbonyl (C=O) groups excluding carboxylic acids is 2. The lowest BCUT2D eigenvalue weighted by atomic mass is 10.2. The molecule has 0 fully saturated rings. The number of nitrogens with zero attached hydrogens (tertiary/aromatic N) is 3. The van der Waals surface area contributed by atoms with Crippen LogP contribution >= 0.6 is 11.6 Å². The number of carbonyl (C=O) groups is 2. The average molecular weight is 375 g/mol. The second kappa shape index (κ2) is 8.67. The largest absolute Gasteiger partial charge is 0.335 e. The van der Waals surface area contributed by atoms with E-state index in [-0.39, 0.29) is 0 Å². The SMILES string of the molecule is CCN(CC)C(=O)C(=O)N/N=C\c1cc(C)n(-c2ccccc2Cl)c1C. The van der Waals surface area contributed by atoms with Gasteiger partial charge in [0.15, 0.2) is 0 Å². The van der Waals surface area contributed by atoms with Crippen molar-refractivity contribution in [2.45, 2.75) is 27.7 Å². The maximum atomic E-state index is 11.9. The molecule has 0 aliphatic rings. The maximum absolute atomic E-state index is 11.9. The van der Waals surface area contributed by atoms with E-state index in [9.17, 15) is 9.59 Å². The molecule has 2 rings (SSSR count). The van der Waals surface area contributed by atoms with Gasteiger partial charge >= 0.3 is 11.8 Å². The summed E-state index contributed by atoms with van der Waals surface area (Å²) in [4.78, 5) is 25.2. The number of aryl methyl sites for hydroxylation is 1. The van der Waals surface area contributed by atoms with E-state index >= 15 is 0 Å². The molecule has 6 nitrogen and oxygen atoms in total. The summed E-state index contributed by atoms with van der Waals surface area (Å²) in [5.41, 5.74) is 5.92. The molecule has 2 amide bonds. The van der Waals surface area contributed by atoms with Crippen molar-refractivity contribution in [1.82, 2.24) is 14.9 Å². The van der Waals surface area contributed by atoms with E-state index in [1.165, 1.54) is 11.1 Å². The van der Waals surface area contributed by atoms with Crippen LogP contribution < -0.4 is 5.43 Å². The Morgan fingerprint density at radius 1 is 1.23 bits per heavy atom. The van der Waals surface area contributed by atoms with Crippen LogP contribution in [0.4, 0.5) is 0 Å². The molecule has 1 aromatic heterocycles. The van der Waals surface area contributed by atoms with E-state index in [1.54, 1.807) is 0 Å². The Kier molecular flexibility index (Phi) is 6.58. The minimum Gasteiger partial charge on any atom is -0.335 e. The van der Waals surface area contributed by atoms with Gasteiger partial charge in [0.25, 0.3) is 0 Å². The Bertz CT molecular complexity index is 838. The van der Waals surface area contributed by atoms with E-state index in [4.69, 9.17) is 11.6 Å². The molecule has 0 radical (unpaired) electrons. The van der Waals surface area contributed by atoms with Gasteiger partial charge in [0.1, 0.15) is 0 Å². The number of nitrogens with one attached hydrogen (secondary N) is 1. The molecule has 0 spiro atoms. The van der Waals surface area contributed by atoms with Gasteiger partial charge in [-0.1, -0.05) is 23.7 Å². The highest BCUT2D eigenvalue weighted by molar-refractivity contribution is 6.35. The molecule has 0 saturated carbocycles. The fourth-order valence-electron chi connectivity index (χ4n) is 2.78. The molecule has 7 heteroatoms. The van der Waals surface area contributed by atoms with Crippen molar-refractivity contribution in [3.63, 3.8) is 0 Å². The van der Waals surface area contributed by atoms with Crippen LogP contribution in [0, 0.1) is 13.8 Å². The highest BCUT2D eigenvalue weighted by Crippen LogP contribution is 2.25. The number of para-hydroxylation sites is 1. The normalized spacial score (nSPS) is 11.0. The summed E-state index contributed by atoms with van der Waals surface area (Å²) in [6.07, 6.45) is 1.53. The Labute approximate surface area is 158 Å². The molecule has 0 unspecified atom stereocenters. The van der Waals surface area contributed by atoms with E-state index in [2.05, 4.69) is 10.5 Å². The fourth-order valence-corrected chi connectivity index (χ4v) is 3.01. The summed E-state index contributed by atoms with van der Waals surface area (Å²) in [7, 11) is 0. The zero-order valence-electron chi connectivity index (χ0n) is 15.4. The molecule has 0 saturated heterocycles. The first-order chi connectivity index (χ1) is 12.4. The summed E-state index contributed by atoms with van der Waals surface area (Å²) in [5.74, 6) is -1.33.